The highest BCUT2D eigenvalue weighted by Gasteiger charge is 2.18. The molecule has 1 aromatic carbocycles. The number of carbonyl (C=O) groups is 1. The molecule has 1 unspecified atom stereocenters. The van der Waals surface area contributed by atoms with Crippen LogP contribution in [0.25, 0.3) is 0 Å². The lowest BCUT2D eigenvalue weighted by Crippen LogP contribution is -2.29. The third-order valence-corrected chi connectivity index (χ3v) is 4.43. The van der Waals surface area contributed by atoms with Gasteiger partial charge in [-0.25, -0.2) is 0 Å². The lowest BCUT2D eigenvalue weighted by Gasteiger charge is -2.21. The first-order chi connectivity index (χ1) is 10.3. The number of amides is 1. The minimum atomic E-state index is -0.655. The van der Waals surface area contributed by atoms with Crippen LogP contribution in [0.2, 0.25) is 0 Å². The van der Waals surface area contributed by atoms with Crippen molar-refractivity contribution in [1.82, 2.24) is 5.32 Å². The maximum Gasteiger partial charge on any atom is 0.251 e. The highest BCUT2D eigenvalue weighted by Crippen LogP contribution is 2.25. The van der Waals surface area contributed by atoms with Crippen LogP contribution >= 0.6 is 23.7 Å². The predicted molar refractivity (Wildman–Crippen MR) is 92.1 cm³/mol. The fourth-order valence-electron chi connectivity index (χ4n) is 2.59. The first-order valence-electron chi connectivity index (χ1n) is 7.10. The average Bonchev–Trinajstić information content (AvgIpc) is 3.06. The lowest BCUT2D eigenvalue weighted by molar-refractivity contribution is 0.0915. The zero-order chi connectivity index (χ0) is 14.7. The molecule has 0 aliphatic carbocycles. The lowest BCUT2D eigenvalue weighted by atomic mass is 9.97. The zero-order valence-corrected chi connectivity index (χ0v) is 13.7. The summed E-state index contributed by atoms with van der Waals surface area (Å²) in [6, 6.07) is 7.61. The van der Waals surface area contributed by atoms with Gasteiger partial charge in [-0.3, -0.25) is 4.79 Å². The van der Waals surface area contributed by atoms with E-state index in [2.05, 4.69) is 10.6 Å². The molecule has 1 aromatic heterocycles. The summed E-state index contributed by atoms with van der Waals surface area (Å²) in [7, 11) is 0. The number of aliphatic hydroxyl groups excluding tert-OH is 1. The van der Waals surface area contributed by atoms with Gasteiger partial charge in [-0.1, -0.05) is 6.07 Å². The van der Waals surface area contributed by atoms with Gasteiger partial charge in [0.05, 0.1) is 6.10 Å². The Balaban J connectivity index is 0.00000176. The van der Waals surface area contributed by atoms with Crippen LogP contribution in [0.3, 0.4) is 0 Å². The van der Waals surface area contributed by atoms with Crippen molar-refractivity contribution in [3.63, 3.8) is 0 Å². The number of thiophene rings is 1. The van der Waals surface area contributed by atoms with E-state index in [0.29, 0.717) is 5.56 Å². The van der Waals surface area contributed by atoms with Crippen molar-refractivity contribution in [2.75, 3.05) is 18.4 Å². The van der Waals surface area contributed by atoms with E-state index in [1.807, 2.05) is 35.0 Å². The number of rotatable bonds is 4. The van der Waals surface area contributed by atoms with Crippen molar-refractivity contribution >= 4 is 35.3 Å². The zero-order valence-electron chi connectivity index (χ0n) is 12.0. The number of halogens is 1. The van der Waals surface area contributed by atoms with Crippen LogP contribution in [0, 0.1) is 0 Å². The number of nitrogens with one attached hydrogen (secondary N) is 2. The Kier molecular flexibility index (Phi) is 5.83. The van der Waals surface area contributed by atoms with Crippen molar-refractivity contribution < 1.29 is 9.90 Å². The van der Waals surface area contributed by atoms with Gasteiger partial charge < -0.3 is 15.7 Å². The monoisotopic (exact) mass is 338 g/mol. The maximum absolute atomic E-state index is 12.3. The van der Waals surface area contributed by atoms with E-state index in [-0.39, 0.29) is 24.9 Å². The molecule has 1 aliphatic rings. The standard InChI is InChI=1S/C16H18N2O2S.ClH/c19-15(11-6-8-21-10-11)9-18-16(20)13-3-1-5-14-12(13)4-2-7-17-14;/h1,3,5-6,8,10,15,17,19H,2,4,7,9H2,(H,18,20);1H. The number of fused-ring (bicyclic) bond motifs is 1. The summed E-state index contributed by atoms with van der Waals surface area (Å²) < 4.78 is 0. The Morgan fingerprint density at radius 3 is 3.05 bits per heavy atom. The van der Waals surface area contributed by atoms with Gasteiger partial charge in [0, 0.05) is 24.3 Å². The molecule has 4 nitrogen and oxygen atoms in total. The van der Waals surface area contributed by atoms with Crippen molar-refractivity contribution in [1.29, 1.82) is 0 Å². The second-order valence-electron chi connectivity index (χ2n) is 5.14. The van der Waals surface area contributed by atoms with E-state index in [1.165, 1.54) is 11.3 Å². The number of anilines is 1. The molecule has 3 N–H and O–H groups in total. The van der Waals surface area contributed by atoms with Crippen molar-refractivity contribution in [3.8, 4) is 0 Å². The van der Waals surface area contributed by atoms with Crippen LogP contribution < -0.4 is 10.6 Å². The summed E-state index contributed by atoms with van der Waals surface area (Å²) in [5, 5.41) is 20.0. The molecule has 118 valence electrons. The highest BCUT2D eigenvalue weighted by molar-refractivity contribution is 7.07. The first-order valence-corrected chi connectivity index (χ1v) is 8.04. The number of hydrogen-bond acceptors (Lipinski definition) is 4. The minimum absolute atomic E-state index is 0. The van der Waals surface area contributed by atoms with Crippen LogP contribution in [0.4, 0.5) is 5.69 Å². The fourth-order valence-corrected chi connectivity index (χ4v) is 3.30. The van der Waals surface area contributed by atoms with E-state index in [9.17, 15) is 9.90 Å². The summed E-state index contributed by atoms with van der Waals surface area (Å²) in [6.07, 6.45) is 1.30. The van der Waals surface area contributed by atoms with Gasteiger partial charge >= 0.3 is 0 Å². The number of hydrogen-bond donors (Lipinski definition) is 3. The Morgan fingerprint density at radius 2 is 2.27 bits per heavy atom. The van der Waals surface area contributed by atoms with Crippen LogP contribution in [-0.2, 0) is 6.42 Å². The average molecular weight is 339 g/mol. The van der Waals surface area contributed by atoms with Gasteiger partial charge in [0.15, 0.2) is 0 Å². The fraction of sp³-hybridized carbons (Fsp3) is 0.312. The molecule has 0 fully saturated rings. The number of benzene rings is 1. The second kappa shape index (κ2) is 7.63. The molecule has 0 saturated heterocycles. The molecule has 2 heterocycles. The van der Waals surface area contributed by atoms with E-state index in [0.717, 1.165) is 36.2 Å². The summed E-state index contributed by atoms with van der Waals surface area (Å²) in [6.45, 7) is 1.18. The van der Waals surface area contributed by atoms with Crippen LogP contribution in [0.5, 0.6) is 0 Å². The molecule has 0 bridgehead atoms. The molecule has 6 heteroatoms. The van der Waals surface area contributed by atoms with Gasteiger partial charge in [0.25, 0.3) is 5.91 Å². The summed E-state index contributed by atoms with van der Waals surface area (Å²) in [5.74, 6) is -0.121. The normalized spacial score (nSPS) is 14.2. The van der Waals surface area contributed by atoms with Crippen LogP contribution in [-0.4, -0.2) is 24.1 Å². The topological polar surface area (TPSA) is 61.4 Å². The summed E-state index contributed by atoms with van der Waals surface area (Å²) in [5.41, 5.74) is 3.67. The third kappa shape index (κ3) is 3.61. The summed E-state index contributed by atoms with van der Waals surface area (Å²) in [4.78, 5) is 12.3. The van der Waals surface area contributed by atoms with E-state index >= 15 is 0 Å². The van der Waals surface area contributed by atoms with E-state index < -0.39 is 6.10 Å². The molecule has 22 heavy (non-hydrogen) atoms. The third-order valence-electron chi connectivity index (χ3n) is 3.72. The molecule has 0 saturated carbocycles. The Bertz CT molecular complexity index is 631. The number of aliphatic hydroxyl groups is 1. The van der Waals surface area contributed by atoms with E-state index in [1.54, 1.807) is 0 Å². The maximum atomic E-state index is 12.3. The Labute approximate surface area is 140 Å². The Morgan fingerprint density at radius 1 is 1.41 bits per heavy atom. The molecular weight excluding hydrogens is 320 g/mol. The molecule has 3 rings (SSSR count). The molecule has 1 aliphatic heterocycles. The first kappa shape index (κ1) is 16.8. The van der Waals surface area contributed by atoms with Gasteiger partial charge in [0.1, 0.15) is 0 Å². The molecule has 2 aromatic rings. The van der Waals surface area contributed by atoms with Gasteiger partial charge in [-0.2, -0.15) is 11.3 Å². The molecular formula is C16H19ClN2O2S. The smallest absolute Gasteiger partial charge is 0.251 e. The van der Waals surface area contributed by atoms with Gasteiger partial charge in [-0.15, -0.1) is 12.4 Å². The van der Waals surface area contributed by atoms with Crippen LogP contribution in [0.15, 0.2) is 35.0 Å². The summed E-state index contributed by atoms with van der Waals surface area (Å²) >= 11 is 1.54. The van der Waals surface area contributed by atoms with Crippen molar-refractivity contribution in [2.24, 2.45) is 0 Å². The highest BCUT2D eigenvalue weighted by atomic mass is 35.5. The van der Waals surface area contributed by atoms with E-state index in [4.69, 9.17) is 0 Å². The SMILES string of the molecule is Cl.O=C(NCC(O)c1ccsc1)c1cccc2c1CCCN2. The molecule has 1 amide bonds. The van der Waals surface area contributed by atoms with Gasteiger partial charge in [0.2, 0.25) is 0 Å². The second-order valence-corrected chi connectivity index (χ2v) is 5.92. The minimum Gasteiger partial charge on any atom is -0.387 e. The molecule has 1 atom stereocenters. The Hall–Kier alpha value is -1.56. The number of carbonyl (C=O) groups excluding carboxylic acids is 1. The van der Waals surface area contributed by atoms with Crippen molar-refractivity contribution in [2.45, 2.75) is 18.9 Å². The quantitative estimate of drug-likeness (QED) is 0.803. The van der Waals surface area contributed by atoms with Crippen molar-refractivity contribution in [3.05, 3.63) is 51.7 Å². The largest absolute Gasteiger partial charge is 0.387 e. The molecule has 0 radical (unpaired) electrons. The van der Waals surface area contributed by atoms with Gasteiger partial charge in [-0.05, 0) is 52.9 Å². The van der Waals surface area contributed by atoms with Crippen LogP contribution in [0.1, 0.15) is 34.0 Å². The predicted octanol–water partition coefficient (Wildman–Crippen LogP) is 2.99. The molecule has 0 spiro atoms.